The Morgan fingerprint density at radius 1 is 1.05 bits per heavy atom. The van der Waals surface area contributed by atoms with Crippen LogP contribution in [0.1, 0.15) is 16.7 Å². The van der Waals surface area contributed by atoms with Gasteiger partial charge in [0.25, 0.3) is 0 Å². The Bertz CT molecular complexity index is 663. The lowest BCUT2D eigenvalue weighted by Gasteiger charge is -2.13. The van der Waals surface area contributed by atoms with E-state index in [9.17, 15) is 34.8 Å². The predicted molar refractivity (Wildman–Crippen MR) is 64.8 cm³/mol. The summed E-state index contributed by atoms with van der Waals surface area (Å²) in [7, 11) is -4.12. The van der Waals surface area contributed by atoms with E-state index in [-0.39, 0.29) is 18.2 Å². The van der Waals surface area contributed by atoms with Crippen molar-refractivity contribution in [3.63, 3.8) is 0 Å². The molecule has 0 radical (unpaired) electrons. The first-order valence-corrected chi connectivity index (χ1v) is 7.31. The molecule has 0 heterocycles. The zero-order chi connectivity index (χ0) is 17.3. The van der Waals surface area contributed by atoms with E-state index in [1.807, 2.05) is 0 Å². The first-order valence-electron chi connectivity index (χ1n) is 5.12. The maximum atomic E-state index is 12.6. The first-order chi connectivity index (χ1) is 9.70. The van der Waals surface area contributed by atoms with Gasteiger partial charge in [0, 0.05) is 5.56 Å². The van der Waals surface area contributed by atoms with Gasteiger partial charge in [-0.1, -0.05) is 16.8 Å². The summed E-state index contributed by atoms with van der Waals surface area (Å²) in [4.78, 5) is 0. The molecule has 0 unspecified atom stereocenters. The molecule has 1 aromatic carbocycles. The van der Waals surface area contributed by atoms with Gasteiger partial charge in [-0.3, -0.25) is 4.28 Å². The fourth-order valence-electron chi connectivity index (χ4n) is 1.23. The number of oxime groups is 1. The standard InChI is InChI=1S/C10H6ClF6NO3S/c1-22(19,20)21-18-8(11)5-2-6(9(12,13)14)4-7(3-5)10(15,16)17/h2-4H,1H3/b18-8-. The summed E-state index contributed by atoms with van der Waals surface area (Å²) in [6.45, 7) is 0. The molecule has 0 spiro atoms. The molecule has 124 valence electrons. The van der Waals surface area contributed by atoms with Crippen molar-refractivity contribution in [1.82, 2.24) is 0 Å². The number of halogens is 7. The molecule has 22 heavy (non-hydrogen) atoms. The average molecular weight is 370 g/mol. The largest absolute Gasteiger partial charge is 0.416 e. The van der Waals surface area contributed by atoms with Crippen molar-refractivity contribution < 1.29 is 39.0 Å². The van der Waals surface area contributed by atoms with Crippen molar-refractivity contribution in [2.45, 2.75) is 12.4 Å². The van der Waals surface area contributed by atoms with Crippen molar-refractivity contribution in [3.05, 3.63) is 34.9 Å². The second kappa shape index (κ2) is 5.95. The molecule has 0 amide bonds. The van der Waals surface area contributed by atoms with Gasteiger partial charge in [-0.15, -0.1) is 0 Å². The fourth-order valence-corrected chi connectivity index (χ4v) is 1.62. The second-order valence-corrected chi connectivity index (χ2v) is 5.87. The molecule has 0 saturated carbocycles. The molecule has 1 aromatic rings. The number of benzene rings is 1. The van der Waals surface area contributed by atoms with E-state index in [0.29, 0.717) is 6.26 Å². The molecule has 4 nitrogen and oxygen atoms in total. The van der Waals surface area contributed by atoms with Crippen LogP contribution in [-0.2, 0) is 26.8 Å². The van der Waals surface area contributed by atoms with Crippen LogP contribution in [0.3, 0.4) is 0 Å². The highest BCUT2D eigenvalue weighted by Gasteiger charge is 2.37. The van der Waals surface area contributed by atoms with Gasteiger partial charge in [-0.05, 0) is 18.2 Å². The highest BCUT2D eigenvalue weighted by molar-refractivity contribution is 7.85. The van der Waals surface area contributed by atoms with Gasteiger partial charge >= 0.3 is 22.5 Å². The topological polar surface area (TPSA) is 55.7 Å². The first kappa shape index (κ1) is 18.6. The van der Waals surface area contributed by atoms with E-state index in [4.69, 9.17) is 11.6 Å². The monoisotopic (exact) mass is 369 g/mol. The average Bonchev–Trinajstić information content (AvgIpc) is 2.32. The third-order valence-corrected chi connectivity index (χ3v) is 2.71. The summed E-state index contributed by atoms with van der Waals surface area (Å²) in [6, 6.07) is 0.463. The molecular weight excluding hydrogens is 364 g/mol. The van der Waals surface area contributed by atoms with E-state index in [1.165, 1.54) is 0 Å². The molecule has 0 atom stereocenters. The number of hydrogen-bond acceptors (Lipinski definition) is 4. The lowest BCUT2D eigenvalue weighted by molar-refractivity contribution is -0.143. The van der Waals surface area contributed by atoms with Crippen LogP contribution in [-0.4, -0.2) is 19.8 Å². The van der Waals surface area contributed by atoms with E-state index in [0.717, 1.165) is 0 Å². The van der Waals surface area contributed by atoms with Crippen molar-refractivity contribution in [2.75, 3.05) is 6.26 Å². The van der Waals surface area contributed by atoms with Crippen LogP contribution in [0.2, 0.25) is 0 Å². The quantitative estimate of drug-likeness (QED) is 0.465. The Morgan fingerprint density at radius 2 is 1.45 bits per heavy atom. The van der Waals surface area contributed by atoms with E-state index in [2.05, 4.69) is 9.44 Å². The predicted octanol–water partition coefficient (Wildman–Crippen LogP) is 3.60. The van der Waals surface area contributed by atoms with Crippen LogP contribution in [0.4, 0.5) is 26.3 Å². The molecule has 0 N–H and O–H groups in total. The molecule has 0 fully saturated rings. The second-order valence-electron chi connectivity index (χ2n) is 3.96. The Hall–Kier alpha value is -1.49. The Morgan fingerprint density at radius 3 is 1.77 bits per heavy atom. The fraction of sp³-hybridized carbons (Fsp3) is 0.300. The molecule has 0 aliphatic heterocycles. The van der Waals surface area contributed by atoms with E-state index < -0.39 is 44.3 Å². The summed E-state index contributed by atoms with van der Waals surface area (Å²) >= 11 is 5.38. The van der Waals surface area contributed by atoms with Gasteiger partial charge in [-0.25, -0.2) is 0 Å². The molecular formula is C10H6ClF6NO3S. The summed E-state index contributed by atoms with van der Waals surface area (Å²) in [6.07, 6.45) is -9.57. The summed E-state index contributed by atoms with van der Waals surface area (Å²) in [5.74, 6) is 0. The number of alkyl halides is 6. The number of nitrogens with zero attached hydrogens (tertiary/aromatic N) is 1. The van der Waals surface area contributed by atoms with Gasteiger partial charge in [0.05, 0.1) is 17.4 Å². The SMILES string of the molecule is CS(=O)(=O)O/N=C(\Cl)c1cc(C(F)(F)F)cc(C(F)(F)F)c1. The van der Waals surface area contributed by atoms with Crippen molar-refractivity contribution >= 4 is 26.9 Å². The molecule has 12 heteroatoms. The van der Waals surface area contributed by atoms with Crippen LogP contribution in [0.15, 0.2) is 23.4 Å². The van der Waals surface area contributed by atoms with Crippen LogP contribution in [0.25, 0.3) is 0 Å². The minimum absolute atomic E-state index is 0.106. The minimum Gasteiger partial charge on any atom is -0.267 e. The van der Waals surface area contributed by atoms with E-state index in [1.54, 1.807) is 0 Å². The van der Waals surface area contributed by atoms with Crippen molar-refractivity contribution in [1.29, 1.82) is 0 Å². The smallest absolute Gasteiger partial charge is 0.267 e. The van der Waals surface area contributed by atoms with Gasteiger partial charge in [0.2, 0.25) is 0 Å². The van der Waals surface area contributed by atoms with E-state index >= 15 is 0 Å². The molecule has 0 aromatic heterocycles. The number of hydrogen-bond donors (Lipinski definition) is 0. The molecule has 0 bridgehead atoms. The summed E-state index contributed by atoms with van der Waals surface area (Å²) in [5.41, 5.74) is -4.04. The lowest BCUT2D eigenvalue weighted by atomic mass is 10.1. The maximum absolute atomic E-state index is 12.6. The van der Waals surface area contributed by atoms with Crippen molar-refractivity contribution in [3.8, 4) is 0 Å². The highest BCUT2D eigenvalue weighted by Crippen LogP contribution is 2.36. The third-order valence-electron chi connectivity index (χ3n) is 2.08. The van der Waals surface area contributed by atoms with Crippen LogP contribution < -0.4 is 0 Å². The molecule has 0 saturated heterocycles. The van der Waals surface area contributed by atoms with Crippen LogP contribution in [0.5, 0.6) is 0 Å². The van der Waals surface area contributed by atoms with Crippen LogP contribution >= 0.6 is 11.6 Å². The minimum atomic E-state index is -5.06. The van der Waals surface area contributed by atoms with Gasteiger partial charge < -0.3 is 0 Å². The highest BCUT2D eigenvalue weighted by atomic mass is 35.5. The molecule has 0 aliphatic carbocycles. The third kappa shape index (κ3) is 5.37. The zero-order valence-electron chi connectivity index (χ0n) is 10.5. The van der Waals surface area contributed by atoms with Gasteiger partial charge in [-0.2, -0.15) is 34.8 Å². The Kier molecular flexibility index (Phi) is 5.02. The normalized spacial score (nSPS) is 14.1. The zero-order valence-corrected chi connectivity index (χ0v) is 12.0. The molecule has 0 aliphatic rings. The molecule has 1 rings (SSSR count). The number of rotatable bonds is 3. The lowest BCUT2D eigenvalue weighted by Crippen LogP contribution is -2.13. The Balaban J connectivity index is 3.42. The summed E-state index contributed by atoms with van der Waals surface area (Å²) in [5, 5.41) is 1.79. The van der Waals surface area contributed by atoms with Crippen molar-refractivity contribution in [2.24, 2.45) is 5.16 Å². The Labute approximate surface area is 125 Å². The van der Waals surface area contributed by atoms with Gasteiger partial charge in [0.1, 0.15) is 0 Å². The van der Waals surface area contributed by atoms with Crippen LogP contribution in [0, 0.1) is 0 Å². The maximum Gasteiger partial charge on any atom is 0.416 e. The van der Waals surface area contributed by atoms with Gasteiger partial charge in [0.15, 0.2) is 5.17 Å². The summed E-state index contributed by atoms with van der Waals surface area (Å²) < 4.78 is 101.